The number of aromatic nitrogens is 2. The summed E-state index contributed by atoms with van der Waals surface area (Å²) in [5, 5.41) is 0. The average Bonchev–Trinajstić information content (AvgIpc) is 2.29. The SMILES string of the molecule is CCc1nc(N)cc(N(CC)CCOC)n1. The third-order valence-corrected chi connectivity index (χ3v) is 2.37. The third kappa shape index (κ3) is 3.34. The Hall–Kier alpha value is -1.36. The van der Waals surface area contributed by atoms with Gasteiger partial charge in [-0.1, -0.05) is 6.92 Å². The maximum Gasteiger partial charge on any atom is 0.134 e. The van der Waals surface area contributed by atoms with Crippen LogP contribution in [0.15, 0.2) is 6.07 Å². The van der Waals surface area contributed by atoms with Crippen LogP contribution in [0.25, 0.3) is 0 Å². The number of methoxy groups -OCH3 is 1. The molecule has 1 rings (SSSR count). The van der Waals surface area contributed by atoms with Gasteiger partial charge in [0.25, 0.3) is 0 Å². The lowest BCUT2D eigenvalue weighted by Crippen LogP contribution is -2.28. The van der Waals surface area contributed by atoms with E-state index in [4.69, 9.17) is 10.5 Å². The fraction of sp³-hybridized carbons (Fsp3) is 0.636. The third-order valence-electron chi connectivity index (χ3n) is 2.37. The molecule has 0 fully saturated rings. The van der Waals surface area contributed by atoms with E-state index < -0.39 is 0 Å². The maximum absolute atomic E-state index is 5.75. The highest BCUT2D eigenvalue weighted by atomic mass is 16.5. The first-order chi connectivity index (χ1) is 7.71. The van der Waals surface area contributed by atoms with E-state index in [-0.39, 0.29) is 0 Å². The molecule has 0 unspecified atom stereocenters. The Morgan fingerprint density at radius 2 is 2.12 bits per heavy atom. The smallest absolute Gasteiger partial charge is 0.134 e. The Morgan fingerprint density at radius 1 is 1.38 bits per heavy atom. The normalized spacial score (nSPS) is 10.4. The van der Waals surface area contributed by atoms with Crippen LogP contribution in [0.1, 0.15) is 19.7 Å². The number of nitrogens with two attached hydrogens (primary N) is 1. The van der Waals surface area contributed by atoms with Gasteiger partial charge in [0.15, 0.2) is 0 Å². The van der Waals surface area contributed by atoms with Crippen LogP contribution >= 0.6 is 0 Å². The summed E-state index contributed by atoms with van der Waals surface area (Å²) >= 11 is 0. The molecule has 0 radical (unpaired) electrons. The first-order valence-electron chi connectivity index (χ1n) is 5.58. The van der Waals surface area contributed by atoms with Crippen LogP contribution in [-0.4, -0.2) is 36.8 Å². The number of anilines is 2. The van der Waals surface area contributed by atoms with E-state index in [0.29, 0.717) is 12.4 Å². The molecule has 90 valence electrons. The number of nitrogens with zero attached hydrogens (tertiary/aromatic N) is 3. The lowest BCUT2D eigenvalue weighted by atomic mass is 10.4. The zero-order chi connectivity index (χ0) is 12.0. The van der Waals surface area contributed by atoms with Crippen molar-refractivity contribution in [3.05, 3.63) is 11.9 Å². The minimum atomic E-state index is 0.526. The lowest BCUT2D eigenvalue weighted by molar-refractivity contribution is 0.205. The van der Waals surface area contributed by atoms with Crippen LogP contribution in [0, 0.1) is 0 Å². The minimum Gasteiger partial charge on any atom is -0.384 e. The highest BCUT2D eigenvalue weighted by molar-refractivity contribution is 5.46. The summed E-state index contributed by atoms with van der Waals surface area (Å²) in [6.07, 6.45) is 0.792. The number of hydrogen-bond donors (Lipinski definition) is 1. The summed E-state index contributed by atoms with van der Waals surface area (Å²) in [6.45, 7) is 6.47. The lowest BCUT2D eigenvalue weighted by Gasteiger charge is -2.22. The van der Waals surface area contributed by atoms with Crippen molar-refractivity contribution in [2.24, 2.45) is 0 Å². The monoisotopic (exact) mass is 224 g/mol. The van der Waals surface area contributed by atoms with Gasteiger partial charge < -0.3 is 15.4 Å². The van der Waals surface area contributed by atoms with Gasteiger partial charge >= 0.3 is 0 Å². The van der Waals surface area contributed by atoms with Crippen molar-refractivity contribution >= 4 is 11.6 Å². The molecule has 5 heteroatoms. The summed E-state index contributed by atoms with van der Waals surface area (Å²) in [5.41, 5.74) is 5.75. The van der Waals surface area contributed by atoms with Crippen molar-refractivity contribution in [1.82, 2.24) is 9.97 Å². The molecule has 1 aromatic heterocycles. The number of likely N-dealkylation sites (N-methyl/N-ethyl adjacent to an activating group) is 1. The first-order valence-corrected chi connectivity index (χ1v) is 5.58. The van der Waals surface area contributed by atoms with Gasteiger partial charge in [-0.3, -0.25) is 0 Å². The Kier molecular flexibility index (Phi) is 4.98. The first kappa shape index (κ1) is 12.7. The van der Waals surface area contributed by atoms with E-state index in [2.05, 4.69) is 21.8 Å². The van der Waals surface area contributed by atoms with Crippen molar-refractivity contribution < 1.29 is 4.74 Å². The van der Waals surface area contributed by atoms with Crippen molar-refractivity contribution in [3.8, 4) is 0 Å². The number of rotatable bonds is 6. The summed E-state index contributed by atoms with van der Waals surface area (Å²) < 4.78 is 5.07. The highest BCUT2D eigenvalue weighted by Gasteiger charge is 2.08. The Morgan fingerprint density at radius 3 is 2.69 bits per heavy atom. The average molecular weight is 224 g/mol. The van der Waals surface area contributed by atoms with Gasteiger partial charge in [-0.2, -0.15) is 0 Å². The number of nitrogen functional groups attached to an aromatic ring is 1. The van der Waals surface area contributed by atoms with Crippen molar-refractivity contribution in [2.75, 3.05) is 37.4 Å². The molecule has 2 N–H and O–H groups in total. The molecule has 0 bridgehead atoms. The van der Waals surface area contributed by atoms with E-state index in [1.807, 2.05) is 6.92 Å². The van der Waals surface area contributed by atoms with E-state index in [0.717, 1.165) is 31.2 Å². The van der Waals surface area contributed by atoms with E-state index in [1.165, 1.54) is 0 Å². The Balaban J connectivity index is 2.86. The quantitative estimate of drug-likeness (QED) is 0.783. The van der Waals surface area contributed by atoms with Crippen LogP contribution in [-0.2, 0) is 11.2 Å². The summed E-state index contributed by atoms with van der Waals surface area (Å²) in [5.74, 6) is 2.19. The molecule has 5 nitrogen and oxygen atoms in total. The molecule has 0 saturated carbocycles. The van der Waals surface area contributed by atoms with Crippen molar-refractivity contribution in [2.45, 2.75) is 20.3 Å². The number of aryl methyl sites for hydroxylation is 1. The minimum absolute atomic E-state index is 0.526. The van der Waals surface area contributed by atoms with E-state index in [1.54, 1.807) is 13.2 Å². The molecule has 0 aliphatic carbocycles. The standard InChI is InChI=1S/C11H20N4O/c1-4-10-13-9(12)8-11(14-10)15(5-2)6-7-16-3/h8H,4-7H2,1-3H3,(H2,12,13,14). The topological polar surface area (TPSA) is 64.3 Å². The second-order valence-electron chi connectivity index (χ2n) is 3.49. The maximum atomic E-state index is 5.75. The van der Waals surface area contributed by atoms with Crippen LogP contribution in [0.5, 0.6) is 0 Å². The van der Waals surface area contributed by atoms with Crippen molar-refractivity contribution in [3.63, 3.8) is 0 Å². The zero-order valence-corrected chi connectivity index (χ0v) is 10.2. The summed E-state index contributed by atoms with van der Waals surface area (Å²) in [7, 11) is 1.69. The van der Waals surface area contributed by atoms with Gasteiger partial charge in [-0.15, -0.1) is 0 Å². The van der Waals surface area contributed by atoms with Gasteiger partial charge in [0.05, 0.1) is 6.61 Å². The predicted molar refractivity (Wildman–Crippen MR) is 65.6 cm³/mol. The molecule has 0 atom stereocenters. The largest absolute Gasteiger partial charge is 0.384 e. The highest BCUT2D eigenvalue weighted by Crippen LogP contribution is 2.13. The molecular weight excluding hydrogens is 204 g/mol. The molecule has 1 heterocycles. The van der Waals surface area contributed by atoms with Gasteiger partial charge in [-0.25, -0.2) is 9.97 Å². The molecule has 16 heavy (non-hydrogen) atoms. The molecule has 0 saturated heterocycles. The predicted octanol–water partition coefficient (Wildman–Crippen LogP) is 1.09. The second kappa shape index (κ2) is 6.27. The van der Waals surface area contributed by atoms with Gasteiger partial charge in [0, 0.05) is 32.7 Å². The molecular formula is C11H20N4O. The van der Waals surface area contributed by atoms with Crippen LogP contribution in [0.2, 0.25) is 0 Å². The molecule has 0 aliphatic rings. The molecule has 0 spiro atoms. The van der Waals surface area contributed by atoms with Gasteiger partial charge in [0.2, 0.25) is 0 Å². The second-order valence-corrected chi connectivity index (χ2v) is 3.49. The molecule has 0 amide bonds. The zero-order valence-electron chi connectivity index (χ0n) is 10.2. The van der Waals surface area contributed by atoms with E-state index >= 15 is 0 Å². The Labute approximate surface area is 96.6 Å². The fourth-order valence-corrected chi connectivity index (χ4v) is 1.46. The van der Waals surface area contributed by atoms with Crippen LogP contribution < -0.4 is 10.6 Å². The van der Waals surface area contributed by atoms with Crippen LogP contribution in [0.3, 0.4) is 0 Å². The van der Waals surface area contributed by atoms with Gasteiger partial charge in [0.1, 0.15) is 17.5 Å². The van der Waals surface area contributed by atoms with Crippen molar-refractivity contribution in [1.29, 1.82) is 0 Å². The summed E-state index contributed by atoms with van der Waals surface area (Å²) in [4.78, 5) is 10.7. The summed E-state index contributed by atoms with van der Waals surface area (Å²) in [6, 6.07) is 1.80. The number of ether oxygens (including phenoxy) is 1. The fourth-order valence-electron chi connectivity index (χ4n) is 1.46. The number of hydrogen-bond acceptors (Lipinski definition) is 5. The van der Waals surface area contributed by atoms with Gasteiger partial charge in [-0.05, 0) is 6.92 Å². The molecule has 0 aliphatic heterocycles. The molecule has 1 aromatic rings. The van der Waals surface area contributed by atoms with E-state index in [9.17, 15) is 0 Å². The van der Waals surface area contributed by atoms with Crippen LogP contribution in [0.4, 0.5) is 11.6 Å². The molecule has 0 aromatic carbocycles. The Bertz CT molecular complexity index is 330.